The topological polar surface area (TPSA) is 301 Å². The Balaban J connectivity index is 1.03. The van der Waals surface area contributed by atoms with Gasteiger partial charge in [0.15, 0.2) is 0 Å². The van der Waals surface area contributed by atoms with E-state index in [-0.39, 0.29) is 31.1 Å². The third-order valence-corrected chi connectivity index (χ3v) is 12.7. The number of anilines is 3. The smallest absolute Gasteiger partial charge is 0.248 e. The van der Waals surface area contributed by atoms with E-state index < -0.39 is 18.1 Å². The summed E-state index contributed by atoms with van der Waals surface area (Å²) in [4.78, 5) is 54.8. The van der Waals surface area contributed by atoms with E-state index in [1.165, 1.54) is 0 Å². The zero-order valence-corrected chi connectivity index (χ0v) is 41.6. The molecule has 6 heterocycles. The molecule has 9 N–H and O–H groups in total. The van der Waals surface area contributed by atoms with E-state index in [1.807, 2.05) is 45.2 Å². The summed E-state index contributed by atoms with van der Waals surface area (Å²) in [5.74, 6) is 3.94. The van der Waals surface area contributed by atoms with Crippen molar-refractivity contribution < 1.29 is 28.9 Å². The van der Waals surface area contributed by atoms with Crippen LogP contribution in [-0.4, -0.2) is 188 Å². The van der Waals surface area contributed by atoms with Crippen molar-refractivity contribution in [1.29, 1.82) is 0 Å². The van der Waals surface area contributed by atoms with Crippen LogP contribution < -0.4 is 32.3 Å². The van der Waals surface area contributed by atoms with Gasteiger partial charge in [-0.05, 0) is 55.7 Å². The Kier molecular flexibility index (Phi) is 20.0. The summed E-state index contributed by atoms with van der Waals surface area (Å²) in [6, 6.07) is 7.85. The SMILES string of the molecule is C#CCOCCOCCOCCNc1nc(N2CCN(C(=O)[C@H](CCCCN)n3cc([C@@H](N)CO)nn3)CC2)nc(N2CCN(C(=O)[C@H](Cc3cc4ccccc4[nH]3)n3cc([C@@H](N)CC(C)C)nn3)CC2)n1. The molecule has 2 saturated heterocycles. The second-order valence-electron chi connectivity index (χ2n) is 18.5. The summed E-state index contributed by atoms with van der Waals surface area (Å²) < 4.78 is 19.8. The maximum absolute atomic E-state index is 14.6. The van der Waals surface area contributed by atoms with Crippen molar-refractivity contribution in [2.24, 2.45) is 23.1 Å². The number of aromatic amines is 1. The third-order valence-electron chi connectivity index (χ3n) is 12.7. The van der Waals surface area contributed by atoms with Crippen LogP contribution in [0.15, 0.2) is 42.7 Å². The minimum absolute atomic E-state index is 0.0736. The number of carbonyl (C=O) groups excluding carboxylic acids is 2. The van der Waals surface area contributed by atoms with Crippen LogP contribution in [0.4, 0.5) is 17.8 Å². The van der Waals surface area contributed by atoms with Crippen LogP contribution >= 0.6 is 0 Å². The number of benzene rings is 1. The summed E-state index contributed by atoms with van der Waals surface area (Å²) >= 11 is 0. The summed E-state index contributed by atoms with van der Waals surface area (Å²) in [6.07, 6.45) is 11.8. The molecule has 2 aliphatic heterocycles. The van der Waals surface area contributed by atoms with Crippen LogP contribution in [0.3, 0.4) is 0 Å². The van der Waals surface area contributed by atoms with Crippen LogP contribution in [-0.2, 0) is 30.2 Å². The second-order valence-corrected chi connectivity index (χ2v) is 18.5. The van der Waals surface area contributed by atoms with Gasteiger partial charge in [-0.2, -0.15) is 15.0 Å². The fourth-order valence-electron chi connectivity index (χ4n) is 8.74. The van der Waals surface area contributed by atoms with Crippen LogP contribution in [0, 0.1) is 18.3 Å². The summed E-state index contributed by atoms with van der Waals surface area (Å²) in [5, 5.41) is 31.2. The Labute approximate surface area is 420 Å². The number of aliphatic hydroxyl groups is 1. The fourth-order valence-corrected chi connectivity index (χ4v) is 8.74. The molecule has 1 aromatic carbocycles. The Hall–Kier alpha value is -6.33. The van der Waals surface area contributed by atoms with Gasteiger partial charge in [-0.1, -0.05) is 48.4 Å². The van der Waals surface area contributed by atoms with E-state index in [2.05, 4.69) is 61.7 Å². The van der Waals surface area contributed by atoms with Gasteiger partial charge in [-0.3, -0.25) is 9.59 Å². The van der Waals surface area contributed by atoms with Crippen molar-refractivity contribution in [3.8, 4) is 12.3 Å². The van der Waals surface area contributed by atoms with Crippen molar-refractivity contribution in [2.75, 3.05) is 127 Å². The molecule has 0 saturated carbocycles. The number of ether oxygens (including phenoxy) is 3. The average Bonchev–Trinajstić information content (AvgIpc) is 4.19. The zero-order chi connectivity index (χ0) is 50.8. The molecule has 4 atom stereocenters. The second kappa shape index (κ2) is 26.9. The lowest BCUT2D eigenvalue weighted by molar-refractivity contribution is -0.136. The third kappa shape index (κ3) is 14.6. The van der Waals surface area contributed by atoms with Crippen molar-refractivity contribution in [3.05, 3.63) is 59.8 Å². The van der Waals surface area contributed by atoms with E-state index in [4.69, 9.17) is 52.8 Å². The number of H-pyrrole nitrogens is 1. The van der Waals surface area contributed by atoms with Crippen LogP contribution in [0.2, 0.25) is 0 Å². The van der Waals surface area contributed by atoms with Gasteiger partial charge in [-0.15, -0.1) is 16.6 Å². The number of nitrogens with zero attached hydrogens (tertiary/aromatic N) is 13. The Morgan fingerprint density at radius 1 is 0.792 bits per heavy atom. The number of nitrogens with two attached hydrogens (primary N) is 3. The molecule has 4 aromatic heterocycles. The number of hydrogen-bond donors (Lipinski definition) is 6. The van der Waals surface area contributed by atoms with Gasteiger partial charge in [0.25, 0.3) is 0 Å². The normalized spacial score (nSPS) is 16.0. The van der Waals surface area contributed by atoms with Gasteiger partial charge < -0.3 is 66.4 Å². The Morgan fingerprint density at radius 3 is 1.97 bits per heavy atom. The van der Waals surface area contributed by atoms with E-state index in [1.54, 1.807) is 15.6 Å². The first-order valence-corrected chi connectivity index (χ1v) is 25.0. The van der Waals surface area contributed by atoms with Crippen molar-refractivity contribution >= 4 is 40.6 Å². The Bertz CT molecular complexity index is 2460. The molecule has 0 radical (unpaired) electrons. The molecule has 24 nitrogen and oxygen atoms in total. The number of hydrogen-bond acceptors (Lipinski definition) is 19. The highest BCUT2D eigenvalue weighted by atomic mass is 16.5. The van der Waals surface area contributed by atoms with Gasteiger partial charge in [-0.25, -0.2) is 9.36 Å². The summed E-state index contributed by atoms with van der Waals surface area (Å²) in [6.45, 7) is 10.6. The number of piperazine rings is 2. The predicted molar refractivity (Wildman–Crippen MR) is 271 cm³/mol. The first-order valence-electron chi connectivity index (χ1n) is 25.0. The maximum Gasteiger partial charge on any atom is 0.248 e. The first-order chi connectivity index (χ1) is 35.0. The minimum atomic E-state index is -0.700. The maximum atomic E-state index is 14.6. The first kappa shape index (κ1) is 53.5. The molecule has 0 bridgehead atoms. The number of nitrogens with one attached hydrogen (secondary N) is 2. The minimum Gasteiger partial charge on any atom is -0.394 e. The molecule has 2 fully saturated rings. The number of terminal acetylenes is 1. The lowest BCUT2D eigenvalue weighted by Crippen LogP contribution is -2.52. The van der Waals surface area contributed by atoms with Crippen molar-refractivity contribution in [1.82, 2.24) is 59.7 Å². The van der Waals surface area contributed by atoms with Crippen LogP contribution in [0.25, 0.3) is 10.9 Å². The number of para-hydroxylation sites is 1. The number of fused-ring (bicyclic) bond motifs is 1. The molecule has 24 heteroatoms. The van der Waals surface area contributed by atoms with Gasteiger partial charge in [0.2, 0.25) is 29.7 Å². The molecule has 390 valence electrons. The van der Waals surface area contributed by atoms with Crippen molar-refractivity contribution in [2.45, 2.75) is 70.1 Å². The summed E-state index contributed by atoms with van der Waals surface area (Å²) in [5.41, 5.74) is 21.3. The summed E-state index contributed by atoms with van der Waals surface area (Å²) in [7, 11) is 0. The van der Waals surface area contributed by atoms with E-state index in [9.17, 15) is 14.7 Å². The number of unbranched alkanes of at least 4 members (excludes halogenated alkanes) is 1. The standard InChI is InChI=1S/C48H72N18O6/c1-4-22-70-24-26-72-27-25-71-23-13-52-46-54-47(63-18-14-61(15-19-63)44(68)42(11-7-8-12-49)65-32-41(58-59-65)38(51)33-67)56-48(55-46)64-20-16-62(17-21-64)45(69)43(30-36-29-35-9-5-6-10-39(35)53-36)66-31-40(57-60-66)37(50)28-34(2)3/h1,5-6,9-10,29,31-32,34,37-38,42-43,53,67H,7-8,11-28,30,33,49-51H2,2-3H3,(H,52,54,55,56)/t37-,38-,42-,43-/m0/s1. The van der Waals surface area contributed by atoms with Gasteiger partial charge >= 0.3 is 0 Å². The number of rotatable bonds is 28. The lowest BCUT2D eigenvalue weighted by Gasteiger charge is -2.38. The van der Waals surface area contributed by atoms with Gasteiger partial charge in [0.1, 0.15) is 24.4 Å². The predicted octanol–water partition coefficient (Wildman–Crippen LogP) is 0.820. The molecule has 0 unspecified atom stereocenters. The van der Waals surface area contributed by atoms with Gasteiger partial charge in [0.05, 0.1) is 69.8 Å². The monoisotopic (exact) mass is 997 g/mol. The molecule has 0 spiro atoms. The van der Waals surface area contributed by atoms with Crippen molar-refractivity contribution in [3.63, 3.8) is 0 Å². The van der Waals surface area contributed by atoms with E-state index >= 15 is 0 Å². The van der Waals surface area contributed by atoms with E-state index in [0.29, 0.717) is 146 Å². The lowest BCUT2D eigenvalue weighted by atomic mass is 10.0. The van der Waals surface area contributed by atoms with Crippen LogP contribution in [0.5, 0.6) is 0 Å². The number of aromatic nitrogens is 10. The largest absolute Gasteiger partial charge is 0.394 e. The molecular weight excluding hydrogens is 925 g/mol. The van der Waals surface area contributed by atoms with Crippen LogP contribution in [0.1, 0.15) is 80.8 Å². The number of carbonyl (C=O) groups is 2. The quantitative estimate of drug-likeness (QED) is 0.0299. The van der Waals surface area contributed by atoms with Gasteiger partial charge in [0, 0.05) is 76.5 Å². The zero-order valence-electron chi connectivity index (χ0n) is 41.6. The molecule has 2 aliphatic rings. The number of aliphatic hydroxyl groups excluding tert-OH is 1. The molecule has 7 rings (SSSR count). The number of amides is 2. The molecule has 0 aliphatic carbocycles. The average molecular weight is 997 g/mol. The highest BCUT2D eigenvalue weighted by molar-refractivity contribution is 5.83. The highest BCUT2D eigenvalue weighted by Gasteiger charge is 2.34. The molecule has 72 heavy (non-hydrogen) atoms. The fraction of sp³-hybridized carbons (Fsp3) is 0.604. The van der Waals surface area contributed by atoms with E-state index in [0.717, 1.165) is 35.9 Å². The Morgan fingerprint density at radius 2 is 1.38 bits per heavy atom. The highest BCUT2D eigenvalue weighted by Crippen LogP contribution is 2.26. The molecule has 2 amide bonds. The molecule has 5 aromatic rings. The molecular formula is C48H72N18O6.